The number of nitrogens with one attached hydrogen (secondary N) is 1. The van der Waals surface area contributed by atoms with Crippen LogP contribution in [0.15, 0.2) is 14.6 Å². The first-order valence-electron chi connectivity index (χ1n) is 2.54. The number of allylic oxidation sites excluding steroid dienone is 2. The quantitative estimate of drug-likeness (QED) is 0.434. The van der Waals surface area contributed by atoms with E-state index in [-0.39, 0.29) is 0 Å². The van der Waals surface area contributed by atoms with Crippen molar-refractivity contribution in [2.75, 3.05) is 0 Å². The summed E-state index contributed by atoms with van der Waals surface area (Å²) in [5.41, 5.74) is 0.872. The minimum Gasteiger partial charge on any atom is -0.290 e. The first kappa shape index (κ1) is 8.81. The summed E-state index contributed by atoms with van der Waals surface area (Å²) in [5, 5.41) is 6.63. The zero-order chi connectivity index (χ0) is 7.28. The zero-order valence-corrected chi connectivity index (χ0v) is 7.64. The van der Waals surface area contributed by atoms with Gasteiger partial charge in [-0.15, -0.1) is 0 Å². The summed E-state index contributed by atoms with van der Waals surface area (Å²) < 4.78 is 1.18. The van der Waals surface area contributed by atoms with E-state index in [4.69, 9.17) is 5.41 Å². The molecular formula is C6H9IN2. The molecule has 0 aromatic heterocycles. The van der Waals surface area contributed by atoms with Crippen molar-refractivity contribution in [3.8, 4) is 0 Å². The maximum absolute atomic E-state index is 6.63. The third-order valence-corrected chi connectivity index (χ3v) is 0.987. The first-order valence-corrected chi connectivity index (χ1v) is 3.62. The van der Waals surface area contributed by atoms with Gasteiger partial charge in [0.15, 0.2) is 0 Å². The van der Waals surface area contributed by atoms with Gasteiger partial charge in [-0.25, -0.2) is 4.99 Å². The Labute approximate surface area is 68.7 Å². The molecule has 0 rings (SSSR count). The Bertz CT molecular complexity index is 154. The lowest BCUT2D eigenvalue weighted by molar-refractivity contribution is 1.50. The van der Waals surface area contributed by atoms with Crippen molar-refractivity contribution >= 4 is 34.6 Å². The van der Waals surface area contributed by atoms with Gasteiger partial charge >= 0.3 is 0 Å². The molecule has 0 aromatic rings. The van der Waals surface area contributed by atoms with Crippen molar-refractivity contribution in [3.63, 3.8) is 0 Å². The Morgan fingerprint density at radius 2 is 2.11 bits per heavy atom. The third-order valence-electron chi connectivity index (χ3n) is 0.676. The topological polar surface area (TPSA) is 36.2 Å². The van der Waals surface area contributed by atoms with Gasteiger partial charge in [0.25, 0.3) is 0 Å². The van der Waals surface area contributed by atoms with Gasteiger partial charge in [-0.1, -0.05) is 0 Å². The molecule has 0 atom stereocenters. The molecule has 0 saturated carbocycles. The first-order chi connectivity index (χ1) is 4.16. The predicted octanol–water partition coefficient (Wildman–Crippen LogP) is 2.39. The molecule has 0 amide bonds. The van der Waals surface area contributed by atoms with Crippen LogP contribution in [0.4, 0.5) is 0 Å². The molecule has 0 aliphatic heterocycles. The second-order valence-electron chi connectivity index (χ2n) is 1.63. The van der Waals surface area contributed by atoms with Crippen LogP contribution in [-0.4, -0.2) is 12.1 Å². The predicted molar refractivity (Wildman–Crippen MR) is 49.7 cm³/mol. The van der Waals surface area contributed by atoms with E-state index in [1.807, 2.05) is 19.9 Å². The molecule has 0 aromatic carbocycles. The highest BCUT2D eigenvalue weighted by molar-refractivity contribution is 14.1. The summed E-state index contributed by atoms with van der Waals surface area (Å²) in [5.74, 6) is 0. The maximum Gasteiger partial charge on any atom is 0.107 e. The number of rotatable bonds is 2. The molecule has 0 saturated heterocycles. The van der Waals surface area contributed by atoms with Gasteiger partial charge in [-0.2, -0.15) is 0 Å². The highest BCUT2D eigenvalue weighted by Gasteiger charge is 1.81. The van der Waals surface area contributed by atoms with Crippen molar-refractivity contribution in [1.29, 1.82) is 5.41 Å². The summed E-state index contributed by atoms with van der Waals surface area (Å²) in [6.07, 6.45) is 2.97. The Balaban J connectivity index is 4.05. The van der Waals surface area contributed by atoms with Crippen LogP contribution in [0.1, 0.15) is 13.8 Å². The SMILES string of the molecule is C/C(I)=C/C(C)=N\C=N. The summed E-state index contributed by atoms with van der Waals surface area (Å²) in [6, 6.07) is 0. The van der Waals surface area contributed by atoms with Crippen molar-refractivity contribution < 1.29 is 0 Å². The van der Waals surface area contributed by atoms with Crippen LogP contribution in [0.2, 0.25) is 0 Å². The van der Waals surface area contributed by atoms with E-state index >= 15 is 0 Å². The van der Waals surface area contributed by atoms with Crippen LogP contribution >= 0.6 is 22.6 Å². The van der Waals surface area contributed by atoms with Crippen LogP contribution < -0.4 is 0 Å². The molecule has 9 heavy (non-hydrogen) atoms. The van der Waals surface area contributed by atoms with Gasteiger partial charge in [0.2, 0.25) is 0 Å². The van der Waals surface area contributed by atoms with Gasteiger partial charge < -0.3 is 0 Å². The minimum atomic E-state index is 0.872. The second kappa shape index (κ2) is 4.67. The van der Waals surface area contributed by atoms with Crippen molar-refractivity contribution in [2.45, 2.75) is 13.8 Å². The Morgan fingerprint density at radius 3 is 2.44 bits per heavy atom. The molecule has 0 bridgehead atoms. The van der Waals surface area contributed by atoms with Crippen LogP contribution in [0, 0.1) is 5.41 Å². The van der Waals surface area contributed by atoms with E-state index < -0.39 is 0 Å². The van der Waals surface area contributed by atoms with Gasteiger partial charge in [0.05, 0.1) is 0 Å². The molecule has 0 spiro atoms. The number of hydrogen-bond acceptors (Lipinski definition) is 1. The average molecular weight is 236 g/mol. The number of halogens is 1. The van der Waals surface area contributed by atoms with E-state index in [1.54, 1.807) is 0 Å². The van der Waals surface area contributed by atoms with E-state index in [1.165, 1.54) is 3.58 Å². The smallest absolute Gasteiger partial charge is 0.107 e. The van der Waals surface area contributed by atoms with Gasteiger partial charge in [0, 0.05) is 5.71 Å². The van der Waals surface area contributed by atoms with Crippen molar-refractivity contribution in [1.82, 2.24) is 0 Å². The molecule has 0 heterocycles. The minimum absolute atomic E-state index is 0.872. The molecule has 3 heteroatoms. The molecule has 0 fully saturated rings. The van der Waals surface area contributed by atoms with E-state index in [0.717, 1.165) is 12.1 Å². The zero-order valence-electron chi connectivity index (χ0n) is 5.48. The lowest BCUT2D eigenvalue weighted by Crippen LogP contribution is -1.83. The van der Waals surface area contributed by atoms with Crippen molar-refractivity contribution in [2.24, 2.45) is 4.99 Å². The van der Waals surface area contributed by atoms with Gasteiger partial charge in [-0.05, 0) is 46.1 Å². The number of hydrogen-bond donors (Lipinski definition) is 1. The standard InChI is InChI=1S/C6H9IN2/c1-5(7)3-6(2)9-4-8/h3-4,8H,1-2H3/b5-3-,8-4?,9-6-. The van der Waals surface area contributed by atoms with Crippen LogP contribution in [0.3, 0.4) is 0 Å². The van der Waals surface area contributed by atoms with Crippen LogP contribution in [0.5, 0.6) is 0 Å². The fourth-order valence-corrected chi connectivity index (χ4v) is 0.878. The molecular weight excluding hydrogens is 227 g/mol. The van der Waals surface area contributed by atoms with Gasteiger partial charge in [-0.3, -0.25) is 5.41 Å². The molecule has 50 valence electrons. The molecule has 1 N–H and O–H groups in total. The summed E-state index contributed by atoms with van der Waals surface area (Å²) in [6.45, 7) is 3.86. The third kappa shape index (κ3) is 5.68. The normalized spacial score (nSPS) is 13.7. The summed E-state index contributed by atoms with van der Waals surface area (Å²) in [7, 11) is 0. The van der Waals surface area contributed by atoms with Crippen LogP contribution in [-0.2, 0) is 0 Å². The number of aliphatic imine (C=N–C) groups is 1. The average Bonchev–Trinajstić information content (AvgIpc) is 1.63. The maximum atomic E-state index is 6.63. The van der Waals surface area contributed by atoms with E-state index in [9.17, 15) is 0 Å². The lowest BCUT2D eigenvalue weighted by atomic mass is 10.4. The Morgan fingerprint density at radius 1 is 1.56 bits per heavy atom. The molecule has 0 unspecified atom stereocenters. The lowest BCUT2D eigenvalue weighted by Gasteiger charge is -1.86. The Kier molecular flexibility index (Phi) is 4.57. The largest absolute Gasteiger partial charge is 0.290 e. The molecule has 0 radical (unpaired) electrons. The van der Waals surface area contributed by atoms with Crippen LogP contribution in [0.25, 0.3) is 0 Å². The van der Waals surface area contributed by atoms with E-state index in [0.29, 0.717) is 0 Å². The highest BCUT2D eigenvalue weighted by Crippen LogP contribution is 2.02. The monoisotopic (exact) mass is 236 g/mol. The summed E-state index contributed by atoms with van der Waals surface area (Å²) in [4.78, 5) is 3.74. The van der Waals surface area contributed by atoms with E-state index in [2.05, 4.69) is 27.6 Å². The second-order valence-corrected chi connectivity index (χ2v) is 3.33. The fourth-order valence-electron chi connectivity index (χ4n) is 0.427. The van der Waals surface area contributed by atoms with Crippen molar-refractivity contribution in [3.05, 3.63) is 9.66 Å². The van der Waals surface area contributed by atoms with Gasteiger partial charge in [0.1, 0.15) is 6.34 Å². The summed E-state index contributed by atoms with van der Waals surface area (Å²) >= 11 is 2.20. The highest BCUT2D eigenvalue weighted by atomic mass is 127. The molecule has 0 aliphatic carbocycles. The fraction of sp³-hybridized carbons (Fsp3) is 0.333. The molecule has 0 aliphatic rings. The Hall–Kier alpha value is -0.190. The molecule has 2 nitrogen and oxygen atoms in total. The number of nitrogens with zero attached hydrogens (tertiary/aromatic N) is 1.